The number of nitrogens with one attached hydrogen (secondary N) is 1. The maximum absolute atomic E-state index is 12.4. The molecule has 2 aromatic rings. The van der Waals surface area contributed by atoms with Crippen LogP contribution in [0, 0.1) is 25.2 Å². The number of hydrogen-bond acceptors (Lipinski definition) is 4. The largest absolute Gasteiger partial charge is 0.482 e. The molecule has 0 aliphatic rings. The van der Waals surface area contributed by atoms with Gasteiger partial charge in [-0.1, -0.05) is 24.3 Å². The van der Waals surface area contributed by atoms with Gasteiger partial charge in [-0.3, -0.25) is 4.79 Å². The van der Waals surface area contributed by atoms with E-state index in [1.165, 1.54) is 6.08 Å². The second kappa shape index (κ2) is 8.49. The van der Waals surface area contributed by atoms with Gasteiger partial charge in [0.1, 0.15) is 17.4 Å². The number of carbonyl (C=O) groups excluding carboxylic acids is 1. The molecule has 0 bridgehead atoms. The Morgan fingerprint density at radius 1 is 1.23 bits per heavy atom. The number of carbonyl (C=O) groups is 2. The fraction of sp³-hybridized carbons (Fsp3) is 0.150. The number of ether oxygens (including phenoxy) is 1. The number of aryl methyl sites for hydroxylation is 1. The van der Waals surface area contributed by atoms with Gasteiger partial charge in [-0.05, 0) is 54.8 Å². The molecule has 6 nitrogen and oxygen atoms in total. The average molecular weight is 350 g/mol. The molecule has 0 saturated heterocycles. The number of benzene rings is 2. The standard InChI is InChI=1S/C20H18N2O4/c1-13-5-3-8-18(14(13)2)22-20(25)16(11-21)9-15-6-4-7-17(10-15)26-12-19(23)24/h3-10H,12H2,1-2H3,(H,22,25)(H,23,24)/b16-9-. The summed E-state index contributed by atoms with van der Waals surface area (Å²) in [5.41, 5.74) is 3.10. The summed E-state index contributed by atoms with van der Waals surface area (Å²) in [6, 6.07) is 13.9. The molecule has 2 aromatic carbocycles. The third-order valence-corrected chi connectivity index (χ3v) is 3.75. The van der Waals surface area contributed by atoms with Gasteiger partial charge in [0, 0.05) is 5.69 Å². The Hall–Kier alpha value is -3.59. The van der Waals surface area contributed by atoms with Crippen LogP contribution >= 0.6 is 0 Å². The van der Waals surface area contributed by atoms with Crippen molar-refractivity contribution in [1.82, 2.24) is 0 Å². The molecule has 0 spiro atoms. The molecule has 132 valence electrons. The number of carboxylic acid groups (broad SMARTS) is 1. The normalized spacial score (nSPS) is 10.7. The zero-order valence-corrected chi connectivity index (χ0v) is 14.4. The van der Waals surface area contributed by atoms with E-state index < -0.39 is 18.5 Å². The second-order valence-corrected chi connectivity index (χ2v) is 5.63. The number of hydrogen-bond donors (Lipinski definition) is 2. The minimum Gasteiger partial charge on any atom is -0.482 e. The lowest BCUT2D eigenvalue weighted by atomic mass is 10.1. The first-order valence-corrected chi connectivity index (χ1v) is 7.84. The summed E-state index contributed by atoms with van der Waals surface area (Å²) in [5, 5.41) is 20.7. The molecule has 0 saturated carbocycles. The van der Waals surface area contributed by atoms with E-state index in [2.05, 4.69) is 5.32 Å². The minimum absolute atomic E-state index is 0.0682. The lowest BCUT2D eigenvalue weighted by molar-refractivity contribution is -0.139. The van der Waals surface area contributed by atoms with Crippen LogP contribution in [0.1, 0.15) is 16.7 Å². The third kappa shape index (κ3) is 4.95. The summed E-state index contributed by atoms with van der Waals surface area (Å²) in [6.45, 7) is 3.37. The van der Waals surface area contributed by atoms with Gasteiger partial charge in [0.25, 0.3) is 5.91 Å². The first kappa shape index (κ1) is 18.7. The molecule has 0 heterocycles. The Labute approximate surface area is 151 Å². The molecule has 26 heavy (non-hydrogen) atoms. The van der Waals surface area contributed by atoms with Gasteiger partial charge < -0.3 is 15.2 Å². The van der Waals surface area contributed by atoms with Crippen molar-refractivity contribution in [2.24, 2.45) is 0 Å². The van der Waals surface area contributed by atoms with Gasteiger partial charge in [-0.15, -0.1) is 0 Å². The molecule has 0 radical (unpaired) electrons. The molecule has 1 amide bonds. The lowest BCUT2D eigenvalue weighted by Crippen LogP contribution is -2.14. The SMILES string of the molecule is Cc1cccc(NC(=O)/C(C#N)=C\c2cccc(OCC(=O)O)c2)c1C. The van der Waals surface area contributed by atoms with E-state index in [0.29, 0.717) is 17.0 Å². The molecule has 0 fully saturated rings. The van der Waals surface area contributed by atoms with Crippen molar-refractivity contribution in [2.75, 3.05) is 11.9 Å². The van der Waals surface area contributed by atoms with Gasteiger partial charge in [-0.25, -0.2) is 4.79 Å². The van der Waals surface area contributed by atoms with E-state index in [1.807, 2.05) is 32.0 Å². The third-order valence-electron chi connectivity index (χ3n) is 3.75. The summed E-state index contributed by atoms with van der Waals surface area (Å²) in [4.78, 5) is 23.0. The Kier molecular flexibility index (Phi) is 6.12. The highest BCUT2D eigenvalue weighted by molar-refractivity contribution is 6.10. The molecule has 6 heteroatoms. The van der Waals surface area contributed by atoms with E-state index in [-0.39, 0.29) is 5.57 Å². The number of aliphatic carboxylic acids is 1. The van der Waals surface area contributed by atoms with E-state index in [4.69, 9.17) is 9.84 Å². The molecule has 0 aliphatic carbocycles. The van der Waals surface area contributed by atoms with Gasteiger partial charge >= 0.3 is 5.97 Å². The maximum atomic E-state index is 12.4. The highest BCUT2D eigenvalue weighted by Gasteiger charge is 2.11. The smallest absolute Gasteiger partial charge is 0.341 e. The molecule has 2 rings (SSSR count). The number of rotatable bonds is 6. The highest BCUT2D eigenvalue weighted by Crippen LogP contribution is 2.20. The molecule has 0 unspecified atom stereocenters. The van der Waals surface area contributed by atoms with Crippen molar-refractivity contribution in [2.45, 2.75) is 13.8 Å². The number of carboxylic acids is 1. The van der Waals surface area contributed by atoms with Crippen LogP contribution < -0.4 is 10.1 Å². The zero-order valence-electron chi connectivity index (χ0n) is 14.4. The van der Waals surface area contributed by atoms with Crippen LogP contribution in [-0.2, 0) is 9.59 Å². The lowest BCUT2D eigenvalue weighted by Gasteiger charge is -2.10. The quantitative estimate of drug-likeness (QED) is 0.615. The summed E-state index contributed by atoms with van der Waals surface area (Å²) < 4.78 is 5.10. The second-order valence-electron chi connectivity index (χ2n) is 5.63. The van der Waals surface area contributed by atoms with E-state index in [9.17, 15) is 14.9 Å². The molecule has 0 atom stereocenters. The highest BCUT2D eigenvalue weighted by atomic mass is 16.5. The van der Waals surface area contributed by atoms with Crippen molar-refractivity contribution in [3.63, 3.8) is 0 Å². The Morgan fingerprint density at radius 3 is 2.65 bits per heavy atom. The Balaban J connectivity index is 2.20. The topological polar surface area (TPSA) is 99.4 Å². The van der Waals surface area contributed by atoms with E-state index in [0.717, 1.165) is 11.1 Å². The molecule has 0 aromatic heterocycles. The molecular weight excluding hydrogens is 332 g/mol. The summed E-state index contributed by atoms with van der Waals surface area (Å²) in [7, 11) is 0. The predicted molar refractivity (Wildman–Crippen MR) is 97.7 cm³/mol. The number of nitriles is 1. The monoisotopic (exact) mass is 350 g/mol. The van der Waals surface area contributed by atoms with Crippen LogP contribution in [0.25, 0.3) is 6.08 Å². The number of anilines is 1. The van der Waals surface area contributed by atoms with Crippen molar-refractivity contribution in [1.29, 1.82) is 5.26 Å². The van der Waals surface area contributed by atoms with E-state index >= 15 is 0 Å². The molecule has 2 N–H and O–H groups in total. The number of nitrogens with zero attached hydrogens (tertiary/aromatic N) is 1. The number of amides is 1. The Bertz CT molecular complexity index is 910. The predicted octanol–water partition coefficient (Wildman–Crippen LogP) is 3.31. The molecule has 0 aliphatic heterocycles. The molecular formula is C20H18N2O4. The van der Waals surface area contributed by atoms with Crippen molar-refractivity contribution >= 4 is 23.6 Å². The Morgan fingerprint density at radius 2 is 1.96 bits per heavy atom. The summed E-state index contributed by atoms with van der Waals surface area (Å²) >= 11 is 0. The van der Waals surface area contributed by atoms with Crippen LogP contribution in [0.15, 0.2) is 48.0 Å². The van der Waals surface area contributed by atoms with Crippen LogP contribution in [-0.4, -0.2) is 23.6 Å². The van der Waals surface area contributed by atoms with E-state index in [1.54, 1.807) is 30.3 Å². The van der Waals surface area contributed by atoms with Gasteiger partial charge in [-0.2, -0.15) is 5.26 Å². The van der Waals surface area contributed by atoms with Crippen LogP contribution in [0.2, 0.25) is 0 Å². The minimum atomic E-state index is -1.09. The maximum Gasteiger partial charge on any atom is 0.341 e. The first-order chi connectivity index (χ1) is 12.4. The van der Waals surface area contributed by atoms with Crippen molar-refractivity contribution < 1.29 is 19.4 Å². The van der Waals surface area contributed by atoms with Crippen LogP contribution in [0.3, 0.4) is 0 Å². The van der Waals surface area contributed by atoms with Crippen molar-refractivity contribution in [3.8, 4) is 11.8 Å². The zero-order chi connectivity index (χ0) is 19.1. The van der Waals surface area contributed by atoms with Gasteiger partial charge in [0.2, 0.25) is 0 Å². The van der Waals surface area contributed by atoms with Crippen LogP contribution in [0.5, 0.6) is 5.75 Å². The van der Waals surface area contributed by atoms with Gasteiger partial charge in [0.05, 0.1) is 0 Å². The fourth-order valence-corrected chi connectivity index (χ4v) is 2.23. The summed E-state index contributed by atoms with van der Waals surface area (Å²) in [6.07, 6.45) is 1.42. The van der Waals surface area contributed by atoms with Crippen molar-refractivity contribution in [3.05, 3.63) is 64.7 Å². The summed E-state index contributed by atoms with van der Waals surface area (Å²) in [5.74, 6) is -1.26. The van der Waals surface area contributed by atoms with Crippen LogP contribution in [0.4, 0.5) is 5.69 Å². The average Bonchev–Trinajstić information content (AvgIpc) is 2.62. The van der Waals surface area contributed by atoms with Gasteiger partial charge in [0.15, 0.2) is 6.61 Å². The fourth-order valence-electron chi connectivity index (χ4n) is 2.23. The first-order valence-electron chi connectivity index (χ1n) is 7.84.